The molecule has 4 aliphatic heterocycles. The summed E-state index contributed by atoms with van der Waals surface area (Å²) in [4.78, 5) is 73.3. The molecular weight excluding hydrogens is 1190 g/mol. The number of carbonyl (C=O) groups excluding carboxylic acids is 5. The summed E-state index contributed by atoms with van der Waals surface area (Å²) in [5.74, 6) is 10.7. The number of likely N-dealkylation sites (tertiary alicyclic amines) is 2. The van der Waals surface area contributed by atoms with Gasteiger partial charge in [0.15, 0.2) is 6.29 Å². The number of sulfonamides is 1. The zero-order valence-electron chi connectivity index (χ0n) is 53.1. The predicted octanol–water partition coefficient (Wildman–Crippen LogP) is 6.33. The molecule has 4 heterocycles. The molecule has 2 aliphatic carbocycles. The highest BCUT2D eigenvalue weighted by atomic mass is 35.5. The zero-order valence-corrected chi connectivity index (χ0v) is 54.7. The van der Waals surface area contributed by atoms with E-state index in [1.54, 1.807) is 73.5 Å². The third-order valence-electron chi connectivity index (χ3n) is 19.1. The zero-order chi connectivity index (χ0) is 64.4. The van der Waals surface area contributed by atoms with Crippen molar-refractivity contribution in [3.05, 3.63) is 130 Å². The van der Waals surface area contributed by atoms with Crippen molar-refractivity contribution in [1.29, 1.82) is 0 Å². The molecule has 5 amide bonds. The molecule has 3 aromatic carbocycles. The molecule has 5 fully saturated rings. The van der Waals surface area contributed by atoms with Crippen molar-refractivity contribution in [2.75, 3.05) is 58.8 Å². The summed E-state index contributed by atoms with van der Waals surface area (Å²) in [5.41, 5.74) is 5.16. The van der Waals surface area contributed by atoms with Crippen LogP contribution in [0.1, 0.15) is 166 Å². The summed E-state index contributed by atoms with van der Waals surface area (Å²) in [6.07, 6.45) is 14.4. The van der Waals surface area contributed by atoms with E-state index in [9.17, 15) is 37.5 Å². The van der Waals surface area contributed by atoms with Crippen LogP contribution in [0, 0.1) is 35.5 Å². The second-order valence-electron chi connectivity index (χ2n) is 25.5. The molecule has 8 N–H and O–H groups in total. The number of benzene rings is 3. The summed E-state index contributed by atoms with van der Waals surface area (Å²) in [5, 5.41) is 32.9. The van der Waals surface area contributed by atoms with Gasteiger partial charge in [0.1, 0.15) is 18.8 Å². The van der Waals surface area contributed by atoms with Crippen LogP contribution in [0.3, 0.4) is 0 Å². The third kappa shape index (κ3) is 19.3. The van der Waals surface area contributed by atoms with E-state index in [2.05, 4.69) is 84.5 Å². The lowest BCUT2D eigenvalue weighted by molar-refractivity contribution is -0.143. The Morgan fingerprint density at radius 1 is 0.802 bits per heavy atom. The number of carbonyl (C=O) groups is 5. The lowest BCUT2D eigenvalue weighted by Crippen LogP contribution is -2.58. The highest BCUT2D eigenvalue weighted by molar-refractivity contribution is 7.89. The first-order valence-corrected chi connectivity index (χ1v) is 35.0. The molecule has 0 radical (unpaired) electrons. The number of nitrogens with zero attached hydrogens (tertiary/aromatic N) is 3. The van der Waals surface area contributed by atoms with Crippen molar-refractivity contribution >= 4 is 51.2 Å². The van der Waals surface area contributed by atoms with Crippen LogP contribution in [-0.2, 0) is 35.6 Å². The molecule has 0 spiro atoms. The smallest absolute Gasteiger partial charge is 0.251 e. The number of aryl methyl sites for hydroxylation is 1. The number of nitrogens with one attached hydrogen (secondary N) is 7. The van der Waals surface area contributed by atoms with Crippen molar-refractivity contribution < 1.29 is 42.2 Å². The maximum Gasteiger partial charge on any atom is 0.251 e. The minimum atomic E-state index is -3.43. The number of hydrogen-bond acceptors (Lipinski definition) is 13. The van der Waals surface area contributed by atoms with Crippen LogP contribution in [0.15, 0.2) is 96.2 Å². The molecule has 91 heavy (non-hydrogen) atoms. The van der Waals surface area contributed by atoms with Gasteiger partial charge in [-0.1, -0.05) is 80.5 Å². The SMILES string of the molecule is C=C(/C=C(/Cl)CC)NCOC(O)CNC1C[C@H]2CC[C@@H](C1)N2S(=O)(=O)CC1CCN(CCCNC(=O)c2ccc(C#CC#Cc3ccc(C(=O)N[C@H]4C[C@@H](C(=O)N[C@@H]5CCCc6ccccc65)N(C(=O)[C@@H](NC(=O)[C@H](C)NC)C5CCCCC5)C4)cc3)cc2)CC1. The standard InChI is InChI=1S/C70H93ClN10O9S/c1-5-56(71)39-47(2)75-46-90-64(82)43-74-57-40-59-31-32-60(41-57)81(59)91(88,89)45-51-33-37-79(38-34-51)36-14-35-73-67(84)54-27-23-49(24-28-54)15-9-10-16-50-25-29-55(30-26-50)68(85)76-58-42-63(69(86)77-62-22-13-20-52-17-11-12-21-61(52)62)80(44-58)70(87)65(53-18-7-6-8-19-53)78-66(83)48(3)72-4/h11-12,17,21,23-30,39,48,51,53,57-60,62-65,72,74-75,82H,2,5-8,13-14,18-20,22,31-38,40-46H2,1,3-4H3,(H,73,84)(H,76,85)(H,77,86)(H,78,83)/b56-39+/t48-,57?,58-,59-,60+,62+,63-,64?,65-/m0/s1. The molecule has 2 bridgehead atoms. The number of piperidine rings is 2. The molecular formula is C70H93ClN10O9S. The van der Waals surface area contributed by atoms with Gasteiger partial charge in [0, 0.05) is 76.8 Å². The van der Waals surface area contributed by atoms with E-state index in [1.807, 2.05) is 23.4 Å². The first kappa shape index (κ1) is 68.8. The van der Waals surface area contributed by atoms with E-state index < -0.39 is 40.5 Å². The van der Waals surface area contributed by atoms with E-state index in [1.165, 1.54) is 5.56 Å². The maximum atomic E-state index is 14.8. The topological polar surface area (TPSA) is 243 Å². The van der Waals surface area contributed by atoms with Gasteiger partial charge in [-0.15, -0.1) is 0 Å². The number of fused-ring (bicyclic) bond motifs is 3. The van der Waals surface area contributed by atoms with Gasteiger partial charge in [-0.2, -0.15) is 4.31 Å². The van der Waals surface area contributed by atoms with E-state index in [4.69, 9.17) is 16.3 Å². The van der Waals surface area contributed by atoms with Gasteiger partial charge < -0.3 is 56.9 Å². The van der Waals surface area contributed by atoms with Gasteiger partial charge in [-0.25, -0.2) is 8.42 Å². The number of likely N-dealkylation sites (N-methyl/N-ethyl adjacent to an activating group) is 1. The Labute approximate surface area is 543 Å². The molecule has 4 saturated heterocycles. The molecule has 3 aromatic rings. The number of amides is 5. The Kier molecular flexibility index (Phi) is 25.2. The van der Waals surface area contributed by atoms with Crippen molar-refractivity contribution in [1.82, 2.24) is 51.3 Å². The normalized spacial score (nSPS) is 23.2. The van der Waals surface area contributed by atoms with Crippen LogP contribution in [0.5, 0.6) is 0 Å². The lowest BCUT2D eigenvalue weighted by Gasteiger charge is -2.40. The molecule has 2 unspecified atom stereocenters. The van der Waals surface area contributed by atoms with Crippen molar-refractivity contribution in [3.8, 4) is 23.7 Å². The molecule has 9 rings (SSSR count). The molecule has 9 atom stereocenters. The monoisotopic (exact) mass is 1280 g/mol. The average molecular weight is 1290 g/mol. The van der Waals surface area contributed by atoms with E-state index in [0.717, 1.165) is 109 Å². The summed E-state index contributed by atoms with van der Waals surface area (Å²) < 4.78 is 35.0. The minimum Gasteiger partial charge on any atom is -0.367 e. The minimum absolute atomic E-state index is 0.0384. The molecule has 0 aromatic heterocycles. The first-order valence-electron chi connectivity index (χ1n) is 33.0. The van der Waals surface area contributed by atoms with Crippen LogP contribution in [-0.4, -0.2) is 165 Å². The molecule has 490 valence electrons. The fourth-order valence-electron chi connectivity index (χ4n) is 13.9. The third-order valence-corrected chi connectivity index (χ3v) is 21.6. The largest absolute Gasteiger partial charge is 0.367 e. The quantitative estimate of drug-likeness (QED) is 0.0190. The van der Waals surface area contributed by atoms with Crippen LogP contribution >= 0.6 is 11.6 Å². The summed E-state index contributed by atoms with van der Waals surface area (Å²) in [7, 11) is -1.73. The Morgan fingerprint density at radius 3 is 2.12 bits per heavy atom. The Hall–Kier alpha value is -6.59. The molecule has 19 nitrogen and oxygen atoms in total. The number of rotatable bonds is 26. The van der Waals surface area contributed by atoms with Crippen molar-refractivity contribution in [2.24, 2.45) is 11.8 Å². The number of hydrogen-bond donors (Lipinski definition) is 8. The van der Waals surface area contributed by atoms with Crippen molar-refractivity contribution in [2.45, 2.75) is 178 Å². The van der Waals surface area contributed by atoms with Crippen LogP contribution < -0.4 is 37.2 Å². The maximum absolute atomic E-state index is 14.8. The van der Waals surface area contributed by atoms with E-state index in [-0.39, 0.29) is 97.5 Å². The second-order valence-corrected chi connectivity index (χ2v) is 27.9. The Bertz CT molecular complexity index is 3280. The van der Waals surface area contributed by atoms with E-state index >= 15 is 0 Å². The number of aliphatic hydroxyl groups is 1. The number of ether oxygens (including phenoxy) is 1. The first-order chi connectivity index (χ1) is 43.9. The Morgan fingerprint density at radius 2 is 1.46 bits per heavy atom. The van der Waals surface area contributed by atoms with Gasteiger partial charge in [0.05, 0.1) is 17.8 Å². The molecule has 6 aliphatic rings. The fourth-order valence-corrected chi connectivity index (χ4v) is 16.5. The highest BCUT2D eigenvalue weighted by Gasteiger charge is 2.48. The predicted molar refractivity (Wildman–Crippen MR) is 353 cm³/mol. The van der Waals surface area contributed by atoms with Crippen LogP contribution in [0.4, 0.5) is 0 Å². The average Bonchev–Trinajstić information content (AvgIpc) is 1.69. The number of aliphatic hydroxyl groups excluding tert-OH is 1. The molecule has 1 saturated carbocycles. The van der Waals surface area contributed by atoms with Crippen LogP contribution in [0.2, 0.25) is 0 Å². The van der Waals surface area contributed by atoms with Gasteiger partial charge in [0.2, 0.25) is 27.7 Å². The van der Waals surface area contributed by atoms with Crippen molar-refractivity contribution in [3.63, 3.8) is 0 Å². The van der Waals surface area contributed by atoms with E-state index in [0.29, 0.717) is 58.8 Å². The van der Waals surface area contributed by atoms with Gasteiger partial charge in [0.25, 0.3) is 11.8 Å². The summed E-state index contributed by atoms with van der Waals surface area (Å²) in [6.45, 7) is 11.0. The number of halogens is 1. The lowest BCUT2D eigenvalue weighted by atomic mass is 9.83. The summed E-state index contributed by atoms with van der Waals surface area (Å²) >= 11 is 6.06. The second kappa shape index (κ2) is 33.3. The fraction of sp³-hybridized carbons (Fsp3) is 0.557. The highest BCUT2D eigenvalue weighted by Crippen LogP contribution is 2.39. The number of allylic oxidation sites excluding steroid dienone is 2. The van der Waals surface area contributed by atoms with Gasteiger partial charge in [-0.05, 0) is 213 Å². The Balaban J connectivity index is 0.686. The molecule has 21 heteroatoms. The summed E-state index contributed by atoms with van der Waals surface area (Å²) in [6, 6.07) is 19.2. The van der Waals surface area contributed by atoms with Gasteiger partial charge in [-0.3, -0.25) is 24.0 Å². The van der Waals surface area contributed by atoms with Crippen LogP contribution in [0.25, 0.3) is 0 Å². The van der Waals surface area contributed by atoms with Gasteiger partial charge >= 0.3 is 0 Å².